The van der Waals surface area contributed by atoms with Gasteiger partial charge in [-0.25, -0.2) is 4.79 Å². The number of carbonyl (C=O) groups is 3. The highest BCUT2D eigenvalue weighted by Gasteiger charge is 2.18. The number of methoxy groups -OCH3 is 1. The fraction of sp³-hybridized carbons (Fsp3) is 0.115. The van der Waals surface area contributed by atoms with Crippen LogP contribution in [0.4, 0.5) is 0 Å². The average Bonchev–Trinajstić information content (AvgIpc) is 2.80. The van der Waals surface area contributed by atoms with Crippen LogP contribution in [-0.2, 0) is 14.4 Å². The summed E-state index contributed by atoms with van der Waals surface area (Å²) < 4.78 is 21.1. The number of ether oxygens (including phenoxy) is 4. The molecule has 0 saturated carbocycles. The van der Waals surface area contributed by atoms with E-state index in [0.717, 1.165) is 22.3 Å². The van der Waals surface area contributed by atoms with Crippen LogP contribution in [0.15, 0.2) is 66.7 Å². The Morgan fingerprint density at radius 3 is 2.06 bits per heavy atom. The molecule has 0 fully saturated rings. The molecule has 0 amide bonds. The number of hydrogen-bond donors (Lipinski definition) is 0. The summed E-state index contributed by atoms with van der Waals surface area (Å²) in [6.07, 6.45) is 0. The van der Waals surface area contributed by atoms with E-state index in [0.29, 0.717) is 47.1 Å². The number of benzene rings is 3. The number of carbonyl (C=O) groups excluding carboxylic acids is 3. The molecule has 3 rings (SSSR count). The predicted octanol–water partition coefficient (Wildman–Crippen LogP) is 4.89. The number of hydrogen-bond acceptors (Lipinski definition) is 7. The molecule has 7 nitrogen and oxygen atoms in total. The van der Waals surface area contributed by atoms with Crippen LogP contribution in [0.25, 0.3) is 22.3 Å². The van der Waals surface area contributed by atoms with Crippen molar-refractivity contribution in [3.63, 3.8) is 0 Å². The Morgan fingerprint density at radius 1 is 0.848 bits per heavy atom. The zero-order valence-corrected chi connectivity index (χ0v) is 18.4. The van der Waals surface area contributed by atoms with Gasteiger partial charge in [-0.05, 0) is 72.5 Å². The number of aryl methyl sites for hydroxylation is 1. The zero-order chi connectivity index (χ0) is 24.0. The van der Waals surface area contributed by atoms with Crippen molar-refractivity contribution in [2.45, 2.75) is 13.8 Å². The highest BCUT2D eigenvalue weighted by atomic mass is 16.5. The van der Waals surface area contributed by atoms with Gasteiger partial charge >= 0.3 is 5.97 Å². The van der Waals surface area contributed by atoms with Gasteiger partial charge in [-0.2, -0.15) is 0 Å². The Labute approximate surface area is 191 Å². The molecule has 0 bridgehead atoms. The van der Waals surface area contributed by atoms with Crippen molar-refractivity contribution in [1.82, 2.24) is 0 Å². The molecular formula is C26H22O7. The Morgan fingerprint density at radius 2 is 1.48 bits per heavy atom. The molecule has 0 atom stereocenters. The van der Waals surface area contributed by atoms with Crippen LogP contribution in [0.5, 0.6) is 23.0 Å². The lowest BCUT2D eigenvalue weighted by Gasteiger charge is -2.17. The summed E-state index contributed by atoms with van der Waals surface area (Å²) in [7, 11) is 1.52. The molecule has 3 aromatic rings. The third kappa shape index (κ3) is 5.27. The minimum absolute atomic E-state index is 0.296. The molecule has 0 unspecified atom stereocenters. The van der Waals surface area contributed by atoms with Crippen LogP contribution in [-0.4, -0.2) is 26.0 Å². The molecule has 0 heterocycles. The van der Waals surface area contributed by atoms with Crippen LogP contribution in [0.3, 0.4) is 0 Å². The van der Waals surface area contributed by atoms with Gasteiger partial charge in [0.2, 0.25) is 0 Å². The van der Waals surface area contributed by atoms with E-state index in [4.69, 9.17) is 18.9 Å². The summed E-state index contributed by atoms with van der Waals surface area (Å²) >= 11 is 0. The van der Waals surface area contributed by atoms with Crippen LogP contribution >= 0.6 is 0 Å². The molecule has 0 aliphatic rings. The van der Waals surface area contributed by atoms with E-state index in [9.17, 15) is 14.4 Å². The molecule has 0 radical (unpaired) electrons. The van der Waals surface area contributed by atoms with Crippen LogP contribution in [0.2, 0.25) is 0 Å². The molecule has 7 heteroatoms. The fourth-order valence-electron chi connectivity index (χ4n) is 3.28. The van der Waals surface area contributed by atoms with E-state index in [2.05, 4.69) is 6.58 Å². The second-order valence-electron chi connectivity index (χ2n) is 7.15. The standard InChI is InChI=1S/C26H22O7/c1-16(2)26(29)33-20-7-5-18(6-8-20)19-12-23(30-4)25(24(13-19)32-15-28)22-10-9-21(31-14-27)11-17(22)3/h5-15H,1H2,2-4H3. The first-order valence-corrected chi connectivity index (χ1v) is 9.89. The van der Waals surface area contributed by atoms with Crippen molar-refractivity contribution < 1.29 is 33.3 Å². The molecule has 0 spiro atoms. The molecule has 0 aromatic heterocycles. The maximum atomic E-state index is 11.7. The van der Waals surface area contributed by atoms with E-state index in [-0.39, 0.29) is 0 Å². The molecule has 0 aliphatic heterocycles. The highest BCUT2D eigenvalue weighted by Crippen LogP contribution is 2.44. The quantitative estimate of drug-likeness (QED) is 0.200. The van der Waals surface area contributed by atoms with Crippen molar-refractivity contribution in [3.8, 4) is 45.3 Å². The summed E-state index contributed by atoms with van der Waals surface area (Å²) in [5, 5.41) is 0. The van der Waals surface area contributed by atoms with Gasteiger partial charge in [0.15, 0.2) is 0 Å². The second kappa shape index (κ2) is 10.3. The second-order valence-corrected chi connectivity index (χ2v) is 7.15. The normalized spacial score (nSPS) is 10.2. The van der Waals surface area contributed by atoms with Gasteiger partial charge in [0.05, 0.1) is 12.7 Å². The van der Waals surface area contributed by atoms with E-state index < -0.39 is 5.97 Å². The summed E-state index contributed by atoms with van der Waals surface area (Å²) in [6, 6.07) is 15.5. The van der Waals surface area contributed by atoms with Crippen LogP contribution in [0, 0.1) is 6.92 Å². The fourth-order valence-corrected chi connectivity index (χ4v) is 3.28. The molecule has 0 N–H and O–H groups in total. The average molecular weight is 446 g/mol. The van der Waals surface area contributed by atoms with Crippen molar-refractivity contribution >= 4 is 18.9 Å². The smallest absolute Gasteiger partial charge is 0.338 e. The number of rotatable bonds is 9. The van der Waals surface area contributed by atoms with Crippen LogP contribution in [0.1, 0.15) is 12.5 Å². The first-order chi connectivity index (χ1) is 15.9. The molecule has 33 heavy (non-hydrogen) atoms. The molecule has 0 aliphatic carbocycles. The Kier molecular flexibility index (Phi) is 7.25. The first kappa shape index (κ1) is 23.3. The Hall–Kier alpha value is -4.39. The van der Waals surface area contributed by atoms with Gasteiger partial charge in [0, 0.05) is 5.57 Å². The third-order valence-electron chi connectivity index (χ3n) is 4.86. The summed E-state index contributed by atoms with van der Waals surface area (Å²) in [5.74, 6) is 1.05. The monoisotopic (exact) mass is 446 g/mol. The first-order valence-electron chi connectivity index (χ1n) is 9.89. The van der Waals surface area contributed by atoms with Gasteiger partial charge in [-0.3, -0.25) is 9.59 Å². The minimum Gasteiger partial charge on any atom is -0.496 e. The third-order valence-corrected chi connectivity index (χ3v) is 4.86. The lowest BCUT2D eigenvalue weighted by molar-refractivity contribution is -0.130. The van der Waals surface area contributed by atoms with E-state index in [1.54, 1.807) is 55.5 Å². The van der Waals surface area contributed by atoms with E-state index >= 15 is 0 Å². The van der Waals surface area contributed by atoms with Gasteiger partial charge in [-0.15, -0.1) is 0 Å². The van der Waals surface area contributed by atoms with Crippen molar-refractivity contribution in [2.75, 3.05) is 7.11 Å². The molecule has 0 saturated heterocycles. The maximum Gasteiger partial charge on any atom is 0.338 e. The van der Waals surface area contributed by atoms with E-state index in [1.807, 2.05) is 13.0 Å². The van der Waals surface area contributed by atoms with Crippen molar-refractivity contribution in [1.29, 1.82) is 0 Å². The summed E-state index contributed by atoms with van der Waals surface area (Å²) in [5.41, 5.74) is 3.93. The van der Waals surface area contributed by atoms with Gasteiger partial charge in [-0.1, -0.05) is 24.8 Å². The SMILES string of the molecule is C=C(C)C(=O)Oc1ccc(-c2cc(OC)c(-c3ccc(OC=O)cc3C)c(OC=O)c2)cc1. The molecule has 3 aromatic carbocycles. The van der Waals surface area contributed by atoms with Gasteiger partial charge in [0.25, 0.3) is 12.9 Å². The van der Waals surface area contributed by atoms with Crippen molar-refractivity contribution in [2.24, 2.45) is 0 Å². The maximum absolute atomic E-state index is 11.7. The zero-order valence-electron chi connectivity index (χ0n) is 18.4. The molecule has 168 valence electrons. The van der Waals surface area contributed by atoms with Crippen molar-refractivity contribution in [3.05, 3.63) is 72.3 Å². The lowest BCUT2D eigenvalue weighted by Crippen LogP contribution is -2.07. The van der Waals surface area contributed by atoms with Gasteiger partial charge < -0.3 is 18.9 Å². The Bertz CT molecular complexity index is 1210. The largest absolute Gasteiger partial charge is 0.496 e. The minimum atomic E-state index is -0.504. The Balaban J connectivity index is 2.05. The lowest BCUT2D eigenvalue weighted by atomic mass is 9.95. The van der Waals surface area contributed by atoms with Crippen LogP contribution < -0.4 is 18.9 Å². The predicted molar refractivity (Wildman–Crippen MR) is 122 cm³/mol. The number of esters is 1. The molecular weight excluding hydrogens is 424 g/mol. The highest BCUT2D eigenvalue weighted by molar-refractivity contribution is 5.89. The summed E-state index contributed by atoms with van der Waals surface area (Å²) in [4.78, 5) is 33.6. The summed E-state index contributed by atoms with van der Waals surface area (Å²) in [6.45, 7) is 7.68. The topological polar surface area (TPSA) is 88.1 Å². The van der Waals surface area contributed by atoms with Gasteiger partial charge in [0.1, 0.15) is 23.0 Å². The van der Waals surface area contributed by atoms with E-state index in [1.165, 1.54) is 7.11 Å².